The second-order valence-electron chi connectivity index (χ2n) is 6.41. The Morgan fingerprint density at radius 1 is 1.20 bits per heavy atom. The summed E-state index contributed by atoms with van der Waals surface area (Å²) in [5.41, 5.74) is 2.10. The lowest BCUT2D eigenvalue weighted by atomic mass is 10.1. The van der Waals surface area contributed by atoms with Gasteiger partial charge >= 0.3 is 0 Å². The molecular weight excluding hydrogens is 386 g/mol. The van der Waals surface area contributed by atoms with Crippen LogP contribution in [0.4, 0.5) is 0 Å². The molecule has 2 N–H and O–H groups in total. The van der Waals surface area contributed by atoms with E-state index < -0.39 is 0 Å². The number of aromatic amines is 1. The van der Waals surface area contributed by atoms with Gasteiger partial charge in [0.25, 0.3) is 11.5 Å². The van der Waals surface area contributed by atoms with Gasteiger partial charge < -0.3 is 14.5 Å². The van der Waals surface area contributed by atoms with Crippen LogP contribution in [0.2, 0.25) is 0 Å². The zero-order valence-corrected chi connectivity index (χ0v) is 16.2. The van der Waals surface area contributed by atoms with Crippen LogP contribution in [0.25, 0.3) is 22.7 Å². The third-order valence-corrected chi connectivity index (χ3v) is 4.46. The first-order chi connectivity index (χ1) is 14.6. The van der Waals surface area contributed by atoms with Crippen molar-refractivity contribution in [3.8, 4) is 28.5 Å². The molecule has 4 rings (SSSR count). The van der Waals surface area contributed by atoms with E-state index in [1.807, 2.05) is 24.3 Å². The summed E-state index contributed by atoms with van der Waals surface area (Å²) < 4.78 is 11.7. The number of hydrogen-bond donors (Lipinski definition) is 2. The molecule has 3 aromatic heterocycles. The number of methoxy groups -OCH3 is 1. The highest BCUT2D eigenvalue weighted by atomic mass is 16.5. The van der Waals surface area contributed by atoms with E-state index in [0.29, 0.717) is 17.1 Å². The molecule has 152 valence electrons. The van der Waals surface area contributed by atoms with Crippen LogP contribution < -0.4 is 15.6 Å². The lowest BCUT2D eigenvalue weighted by Crippen LogP contribution is -2.32. The summed E-state index contributed by atoms with van der Waals surface area (Å²) in [7, 11) is 1.60. The third kappa shape index (κ3) is 4.14. The van der Waals surface area contributed by atoms with Crippen molar-refractivity contribution in [1.29, 1.82) is 0 Å². The second kappa shape index (κ2) is 8.48. The van der Waals surface area contributed by atoms with Crippen molar-refractivity contribution < 1.29 is 13.9 Å². The first-order valence-electron chi connectivity index (χ1n) is 9.24. The Morgan fingerprint density at radius 3 is 2.77 bits per heavy atom. The number of H-pyrrole nitrogens is 1. The summed E-state index contributed by atoms with van der Waals surface area (Å²) in [6, 6.07) is 15.6. The minimum atomic E-state index is -0.358. The van der Waals surface area contributed by atoms with Crippen LogP contribution in [0.15, 0.2) is 70.1 Å². The van der Waals surface area contributed by atoms with Crippen LogP contribution in [0.1, 0.15) is 10.5 Å². The Hall–Kier alpha value is -4.14. The summed E-state index contributed by atoms with van der Waals surface area (Å²) in [6.07, 6.45) is 1.54. The molecular formula is C21H19N5O4. The SMILES string of the molecule is COc1ccc(-c2ccc(=O)n(CCNC(=O)c3cc(-c4ccco4)[nH]n3)n2)cc1. The van der Waals surface area contributed by atoms with Gasteiger partial charge in [-0.25, -0.2) is 4.68 Å². The minimum absolute atomic E-state index is 0.223. The van der Waals surface area contributed by atoms with Gasteiger partial charge in [0.2, 0.25) is 0 Å². The number of benzene rings is 1. The monoisotopic (exact) mass is 405 g/mol. The average Bonchev–Trinajstić information content (AvgIpc) is 3.47. The van der Waals surface area contributed by atoms with Crippen molar-refractivity contribution in [2.75, 3.05) is 13.7 Å². The molecule has 0 aliphatic heterocycles. The maximum atomic E-state index is 12.3. The normalized spacial score (nSPS) is 10.7. The molecule has 9 nitrogen and oxygen atoms in total. The summed E-state index contributed by atoms with van der Waals surface area (Å²) >= 11 is 0. The summed E-state index contributed by atoms with van der Waals surface area (Å²) in [6.45, 7) is 0.449. The third-order valence-electron chi connectivity index (χ3n) is 4.46. The number of carbonyl (C=O) groups is 1. The van der Waals surface area contributed by atoms with E-state index in [2.05, 4.69) is 20.6 Å². The molecule has 0 saturated heterocycles. The largest absolute Gasteiger partial charge is 0.497 e. The number of nitrogens with one attached hydrogen (secondary N) is 2. The highest BCUT2D eigenvalue weighted by molar-refractivity contribution is 5.93. The summed E-state index contributed by atoms with van der Waals surface area (Å²) in [5, 5.41) is 13.9. The Kier molecular flexibility index (Phi) is 5.42. The average molecular weight is 405 g/mol. The number of carbonyl (C=O) groups excluding carboxylic acids is 1. The van der Waals surface area contributed by atoms with Crippen molar-refractivity contribution >= 4 is 5.91 Å². The van der Waals surface area contributed by atoms with Crippen LogP contribution in [-0.4, -0.2) is 39.5 Å². The van der Waals surface area contributed by atoms with Crippen molar-refractivity contribution in [2.45, 2.75) is 6.54 Å². The Labute approximate surface area is 171 Å². The van der Waals surface area contributed by atoms with Crippen molar-refractivity contribution in [3.05, 3.63) is 76.9 Å². The van der Waals surface area contributed by atoms with Crippen molar-refractivity contribution in [2.24, 2.45) is 0 Å². The first-order valence-corrected chi connectivity index (χ1v) is 9.24. The maximum Gasteiger partial charge on any atom is 0.271 e. The molecule has 0 aliphatic carbocycles. The lowest BCUT2D eigenvalue weighted by molar-refractivity contribution is 0.0946. The van der Waals surface area contributed by atoms with Crippen molar-refractivity contribution in [3.63, 3.8) is 0 Å². The van der Waals surface area contributed by atoms with E-state index in [1.165, 1.54) is 10.7 Å². The molecule has 0 aliphatic rings. The van der Waals surface area contributed by atoms with E-state index in [1.54, 1.807) is 37.6 Å². The zero-order chi connectivity index (χ0) is 20.9. The Morgan fingerprint density at radius 2 is 2.03 bits per heavy atom. The van der Waals surface area contributed by atoms with Gasteiger partial charge in [-0.3, -0.25) is 14.7 Å². The second-order valence-corrected chi connectivity index (χ2v) is 6.41. The predicted molar refractivity (Wildman–Crippen MR) is 109 cm³/mol. The van der Waals surface area contributed by atoms with Crippen LogP contribution in [0.3, 0.4) is 0 Å². The Bertz CT molecular complexity index is 1190. The summed E-state index contributed by atoms with van der Waals surface area (Å²) in [4.78, 5) is 24.4. The minimum Gasteiger partial charge on any atom is -0.497 e. The van der Waals surface area contributed by atoms with E-state index in [4.69, 9.17) is 9.15 Å². The van der Waals surface area contributed by atoms with E-state index in [0.717, 1.165) is 11.3 Å². The topological polar surface area (TPSA) is 115 Å². The maximum absolute atomic E-state index is 12.3. The van der Waals surface area contributed by atoms with Gasteiger partial charge in [0, 0.05) is 24.2 Å². The number of ether oxygens (including phenoxy) is 1. The number of aromatic nitrogens is 4. The summed E-state index contributed by atoms with van der Waals surface area (Å²) in [5.74, 6) is 0.972. The molecule has 0 unspecified atom stereocenters. The van der Waals surface area contributed by atoms with Gasteiger partial charge in [0.1, 0.15) is 11.4 Å². The van der Waals surface area contributed by atoms with Crippen molar-refractivity contribution in [1.82, 2.24) is 25.3 Å². The van der Waals surface area contributed by atoms with Gasteiger partial charge in [-0.05, 0) is 42.5 Å². The molecule has 0 atom stereocenters. The molecule has 1 aromatic carbocycles. The molecule has 9 heteroatoms. The fraction of sp³-hybridized carbons (Fsp3) is 0.143. The number of rotatable bonds is 7. The smallest absolute Gasteiger partial charge is 0.271 e. The van der Waals surface area contributed by atoms with Crippen LogP contribution in [-0.2, 0) is 6.54 Å². The fourth-order valence-electron chi connectivity index (χ4n) is 2.89. The van der Waals surface area contributed by atoms with E-state index >= 15 is 0 Å². The molecule has 3 heterocycles. The number of furan rings is 1. The van der Waals surface area contributed by atoms with Gasteiger partial charge in [-0.15, -0.1) is 0 Å². The highest BCUT2D eigenvalue weighted by Crippen LogP contribution is 2.19. The van der Waals surface area contributed by atoms with E-state index in [-0.39, 0.29) is 30.2 Å². The fourth-order valence-corrected chi connectivity index (χ4v) is 2.89. The molecule has 0 bridgehead atoms. The van der Waals surface area contributed by atoms with Gasteiger partial charge in [-0.2, -0.15) is 10.2 Å². The molecule has 4 aromatic rings. The number of amides is 1. The Balaban J connectivity index is 1.40. The lowest BCUT2D eigenvalue weighted by Gasteiger charge is -2.08. The molecule has 30 heavy (non-hydrogen) atoms. The molecule has 0 saturated carbocycles. The zero-order valence-electron chi connectivity index (χ0n) is 16.2. The predicted octanol–water partition coefficient (Wildman–Crippen LogP) is 2.33. The standard InChI is InChI=1S/C21H19N5O4/c1-29-15-6-4-14(5-7-15)16-8-9-20(27)26(25-16)11-10-22-21(28)18-13-17(23-24-18)19-3-2-12-30-19/h2-9,12-13H,10-11H2,1H3,(H,22,28)(H,23,24). The van der Waals surface area contributed by atoms with Gasteiger partial charge in [0.05, 0.1) is 25.6 Å². The first kappa shape index (κ1) is 19.2. The molecule has 0 spiro atoms. The molecule has 1 amide bonds. The quantitative estimate of drug-likeness (QED) is 0.488. The van der Waals surface area contributed by atoms with Gasteiger partial charge in [0.15, 0.2) is 11.5 Å². The van der Waals surface area contributed by atoms with Gasteiger partial charge in [-0.1, -0.05) is 0 Å². The number of nitrogens with zero attached hydrogens (tertiary/aromatic N) is 3. The molecule has 0 radical (unpaired) electrons. The van der Waals surface area contributed by atoms with Crippen LogP contribution >= 0.6 is 0 Å². The highest BCUT2D eigenvalue weighted by Gasteiger charge is 2.12. The van der Waals surface area contributed by atoms with Crippen LogP contribution in [0, 0.1) is 0 Å². The number of hydrogen-bond acceptors (Lipinski definition) is 6. The van der Waals surface area contributed by atoms with E-state index in [9.17, 15) is 9.59 Å². The van der Waals surface area contributed by atoms with Crippen LogP contribution in [0.5, 0.6) is 5.75 Å². The molecule has 0 fully saturated rings.